The molecule has 0 amide bonds. The summed E-state index contributed by atoms with van der Waals surface area (Å²) in [4.78, 5) is 8.28. The SMILES string of the molecule is CN=C(NC)c1cccnc1C. The van der Waals surface area contributed by atoms with Crippen molar-refractivity contribution in [2.75, 3.05) is 14.1 Å². The second kappa shape index (κ2) is 3.85. The minimum absolute atomic E-state index is 0.876. The van der Waals surface area contributed by atoms with Gasteiger partial charge in [-0.1, -0.05) is 0 Å². The summed E-state index contributed by atoms with van der Waals surface area (Å²) in [6.07, 6.45) is 1.78. The third kappa shape index (κ3) is 1.61. The van der Waals surface area contributed by atoms with Crippen LogP contribution in [0.15, 0.2) is 23.3 Å². The van der Waals surface area contributed by atoms with Crippen LogP contribution in [-0.4, -0.2) is 24.9 Å². The van der Waals surface area contributed by atoms with Crippen LogP contribution in [0.2, 0.25) is 0 Å². The Morgan fingerprint density at radius 3 is 2.83 bits per heavy atom. The molecule has 0 saturated heterocycles. The Hall–Kier alpha value is -1.38. The summed E-state index contributed by atoms with van der Waals surface area (Å²) in [5.41, 5.74) is 2.05. The minimum atomic E-state index is 0.876. The third-order valence-electron chi connectivity index (χ3n) is 1.72. The number of amidine groups is 1. The summed E-state index contributed by atoms with van der Waals surface area (Å²) in [5.74, 6) is 0.876. The first-order valence-electron chi connectivity index (χ1n) is 3.86. The molecule has 1 aromatic rings. The van der Waals surface area contributed by atoms with Crippen molar-refractivity contribution in [3.63, 3.8) is 0 Å². The van der Waals surface area contributed by atoms with Crippen LogP contribution >= 0.6 is 0 Å². The van der Waals surface area contributed by atoms with Gasteiger partial charge >= 0.3 is 0 Å². The van der Waals surface area contributed by atoms with E-state index in [1.807, 2.05) is 26.1 Å². The van der Waals surface area contributed by atoms with Crippen LogP contribution in [0.25, 0.3) is 0 Å². The number of nitrogens with one attached hydrogen (secondary N) is 1. The zero-order valence-electron chi connectivity index (χ0n) is 7.63. The fourth-order valence-electron chi connectivity index (χ4n) is 1.10. The van der Waals surface area contributed by atoms with Crippen molar-refractivity contribution < 1.29 is 0 Å². The standard InChI is InChI=1S/C9H13N3/c1-7-8(5-4-6-12-7)9(10-2)11-3/h4-6H,1-3H3,(H,10,11). The predicted octanol–water partition coefficient (Wildman–Crippen LogP) is 0.986. The Morgan fingerprint density at radius 1 is 1.58 bits per heavy atom. The van der Waals surface area contributed by atoms with Crippen LogP contribution in [0.3, 0.4) is 0 Å². The average Bonchev–Trinajstić information content (AvgIpc) is 2.10. The number of hydrogen-bond donors (Lipinski definition) is 1. The number of aromatic nitrogens is 1. The van der Waals surface area contributed by atoms with Gasteiger partial charge in [0, 0.05) is 31.5 Å². The molecule has 0 atom stereocenters. The van der Waals surface area contributed by atoms with E-state index in [9.17, 15) is 0 Å². The first kappa shape index (κ1) is 8.71. The largest absolute Gasteiger partial charge is 0.373 e. The lowest BCUT2D eigenvalue weighted by atomic mass is 10.2. The molecule has 1 N–H and O–H groups in total. The van der Waals surface area contributed by atoms with Crippen molar-refractivity contribution >= 4 is 5.84 Å². The van der Waals surface area contributed by atoms with Crippen molar-refractivity contribution in [1.29, 1.82) is 0 Å². The molecule has 0 unspecified atom stereocenters. The van der Waals surface area contributed by atoms with Crippen molar-refractivity contribution in [2.24, 2.45) is 4.99 Å². The van der Waals surface area contributed by atoms with E-state index in [-0.39, 0.29) is 0 Å². The number of rotatable bonds is 1. The number of aryl methyl sites for hydroxylation is 1. The summed E-state index contributed by atoms with van der Waals surface area (Å²) < 4.78 is 0. The maximum Gasteiger partial charge on any atom is 0.129 e. The van der Waals surface area contributed by atoms with Gasteiger partial charge in [0.15, 0.2) is 0 Å². The fourth-order valence-corrected chi connectivity index (χ4v) is 1.10. The molecule has 0 aliphatic rings. The third-order valence-corrected chi connectivity index (χ3v) is 1.72. The Balaban J connectivity index is 3.10. The van der Waals surface area contributed by atoms with Crippen LogP contribution in [0, 0.1) is 6.92 Å². The van der Waals surface area contributed by atoms with E-state index in [4.69, 9.17) is 0 Å². The van der Waals surface area contributed by atoms with E-state index in [1.165, 1.54) is 0 Å². The van der Waals surface area contributed by atoms with Crippen molar-refractivity contribution in [3.05, 3.63) is 29.6 Å². The Morgan fingerprint density at radius 2 is 2.33 bits per heavy atom. The number of hydrogen-bond acceptors (Lipinski definition) is 2. The zero-order valence-corrected chi connectivity index (χ0v) is 7.63. The quantitative estimate of drug-likeness (QED) is 0.495. The van der Waals surface area contributed by atoms with Gasteiger partial charge in [-0.25, -0.2) is 0 Å². The zero-order chi connectivity index (χ0) is 8.97. The van der Waals surface area contributed by atoms with E-state index >= 15 is 0 Å². The average molecular weight is 163 g/mol. The Labute approximate surface area is 72.6 Å². The van der Waals surface area contributed by atoms with E-state index in [1.54, 1.807) is 13.2 Å². The van der Waals surface area contributed by atoms with Crippen molar-refractivity contribution in [1.82, 2.24) is 10.3 Å². The summed E-state index contributed by atoms with van der Waals surface area (Å²) in [6, 6.07) is 3.91. The van der Waals surface area contributed by atoms with Crippen LogP contribution in [0.1, 0.15) is 11.3 Å². The molecule has 1 aromatic heterocycles. The van der Waals surface area contributed by atoms with E-state index in [2.05, 4.69) is 15.3 Å². The lowest BCUT2D eigenvalue weighted by Gasteiger charge is -2.06. The molecule has 0 bridgehead atoms. The Bertz CT molecular complexity index is 292. The molecular weight excluding hydrogens is 150 g/mol. The van der Waals surface area contributed by atoms with Gasteiger partial charge < -0.3 is 5.32 Å². The minimum Gasteiger partial charge on any atom is -0.373 e. The van der Waals surface area contributed by atoms with Gasteiger partial charge in [0.1, 0.15) is 5.84 Å². The molecule has 12 heavy (non-hydrogen) atoms. The van der Waals surface area contributed by atoms with E-state index < -0.39 is 0 Å². The van der Waals surface area contributed by atoms with Gasteiger partial charge in [-0.3, -0.25) is 9.98 Å². The van der Waals surface area contributed by atoms with Crippen LogP contribution in [0.4, 0.5) is 0 Å². The molecule has 3 nitrogen and oxygen atoms in total. The first-order chi connectivity index (χ1) is 5.79. The molecule has 0 saturated carbocycles. The highest BCUT2D eigenvalue weighted by atomic mass is 15.0. The topological polar surface area (TPSA) is 37.3 Å². The second-order valence-electron chi connectivity index (χ2n) is 2.46. The highest BCUT2D eigenvalue weighted by molar-refractivity contribution is 5.99. The van der Waals surface area contributed by atoms with Crippen molar-refractivity contribution in [3.8, 4) is 0 Å². The van der Waals surface area contributed by atoms with Crippen LogP contribution < -0.4 is 5.32 Å². The molecule has 0 aliphatic carbocycles. The smallest absolute Gasteiger partial charge is 0.129 e. The van der Waals surface area contributed by atoms with E-state index in [0.29, 0.717) is 0 Å². The normalized spacial score (nSPS) is 11.4. The molecular formula is C9H13N3. The maximum absolute atomic E-state index is 4.18. The summed E-state index contributed by atoms with van der Waals surface area (Å²) in [7, 11) is 3.62. The van der Waals surface area contributed by atoms with Gasteiger partial charge in [-0.15, -0.1) is 0 Å². The van der Waals surface area contributed by atoms with Crippen molar-refractivity contribution in [2.45, 2.75) is 6.92 Å². The highest BCUT2D eigenvalue weighted by Crippen LogP contribution is 2.03. The molecule has 0 spiro atoms. The summed E-state index contributed by atoms with van der Waals surface area (Å²) in [6.45, 7) is 1.97. The second-order valence-corrected chi connectivity index (χ2v) is 2.46. The molecule has 3 heteroatoms. The lowest BCUT2D eigenvalue weighted by molar-refractivity contribution is 1.11. The van der Waals surface area contributed by atoms with E-state index in [0.717, 1.165) is 17.1 Å². The first-order valence-corrected chi connectivity index (χ1v) is 3.86. The van der Waals surface area contributed by atoms with Gasteiger partial charge in [-0.05, 0) is 19.1 Å². The summed E-state index contributed by atoms with van der Waals surface area (Å²) in [5, 5.41) is 3.02. The highest BCUT2D eigenvalue weighted by Gasteiger charge is 2.02. The Kier molecular flexibility index (Phi) is 2.80. The van der Waals surface area contributed by atoms with Gasteiger partial charge in [-0.2, -0.15) is 0 Å². The molecule has 0 fully saturated rings. The van der Waals surface area contributed by atoms with Gasteiger partial charge in [0.2, 0.25) is 0 Å². The molecule has 1 heterocycles. The van der Waals surface area contributed by atoms with Crippen LogP contribution in [-0.2, 0) is 0 Å². The number of aliphatic imine (C=N–C) groups is 1. The van der Waals surface area contributed by atoms with Crippen LogP contribution in [0.5, 0.6) is 0 Å². The number of pyridine rings is 1. The van der Waals surface area contributed by atoms with Gasteiger partial charge in [0.05, 0.1) is 0 Å². The molecule has 64 valence electrons. The number of nitrogens with zero attached hydrogens (tertiary/aromatic N) is 2. The molecule has 0 aliphatic heterocycles. The molecule has 1 rings (SSSR count). The molecule has 0 radical (unpaired) electrons. The predicted molar refractivity (Wildman–Crippen MR) is 50.5 cm³/mol. The molecule has 0 aromatic carbocycles. The maximum atomic E-state index is 4.18. The summed E-state index contributed by atoms with van der Waals surface area (Å²) >= 11 is 0. The monoisotopic (exact) mass is 163 g/mol. The fraction of sp³-hybridized carbons (Fsp3) is 0.333. The van der Waals surface area contributed by atoms with Gasteiger partial charge in [0.25, 0.3) is 0 Å². The lowest BCUT2D eigenvalue weighted by Crippen LogP contribution is -2.20.